The fourth-order valence-electron chi connectivity index (χ4n) is 3.31. The van der Waals surface area contributed by atoms with Crippen molar-refractivity contribution < 1.29 is 18.3 Å². The third kappa shape index (κ3) is 4.89. The molecule has 0 atom stereocenters. The van der Waals surface area contributed by atoms with E-state index in [0.717, 1.165) is 31.7 Å². The van der Waals surface area contributed by atoms with Crippen LogP contribution in [-0.4, -0.2) is 57.6 Å². The van der Waals surface area contributed by atoms with Crippen LogP contribution in [0.5, 0.6) is 0 Å². The molecule has 29 heavy (non-hydrogen) atoms. The molecule has 1 saturated heterocycles. The maximum absolute atomic E-state index is 13.0. The van der Waals surface area contributed by atoms with E-state index < -0.39 is 16.0 Å². The van der Waals surface area contributed by atoms with Gasteiger partial charge in [-0.3, -0.25) is 4.72 Å². The van der Waals surface area contributed by atoms with Gasteiger partial charge in [-0.25, -0.2) is 13.2 Å². The SMILES string of the molecule is CC(C)c1ccc(S(=O)(=O)Nc2cc(C(=O)O)ccc2N2CCN(C)CC2)cc1. The van der Waals surface area contributed by atoms with Crippen molar-refractivity contribution in [1.82, 2.24) is 4.90 Å². The van der Waals surface area contributed by atoms with Crippen molar-refractivity contribution in [3.63, 3.8) is 0 Å². The molecule has 0 radical (unpaired) electrons. The molecule has 0 saturated carbocycles. The number of aromatic carboxylic acids is 1. The minimum Gasteiger partial charge on any atom is -0.478 e. The van der Waals surface area contributed by atoms with Gasteiger partial charge >= 0.3 is 5.97 Å². The van der Waals surface area contributed by atoms with Crippen molar-refractivity contribution in [2.24, 2.45) is 0 Å². The molecule has 1 fully saturated rings. The van der Waals surface area contributed by atoms with E-state index >= 15 is 0 Å². The highest BCUT2D eigenvalue weighted by atomic mass is 32.2. The molecule has 2 aromatic carbocycles. The van der Waals surface area contributed by atoms with E-state index in [1.54, 1.807) is 30.3 Å². The topological polar surface area (TPSA) is 89.9 Å². The van der Waals surface area contributed by atoms with Crippen LogP contribution in [0, 0.1) is 0 Å². The Bertz CT molecular complexity index is 979. The van der Waals surface area contributed by atoms with Crippen LogP contribution in [0.25, 0.3) is 0 Å². The van der Waals surface area contributed by atoms with Crippen LogP contribution in [0.2, 0.25) is 0 Å². The van der Waals surface area contributed by atoms with Crippen molar-refractivity contribution in [1.29, 1.82) is 0 Å². The van der Waals surface area contributed by atoms with E-state index in [4.69, 9.17) is 0 Å². The van der Waals surface area contributed by atoms with Crippen molar-refractivity contribution >= 4 is 27.4 Å². The number of carbonyl (C=O) groups is 1. The maximum atomic E-state index is 13.0. The van der Waals surface area contributed by atoms with Gasteiger partial charge in [-0.05, 0) is 48.9 Å². The number of likely N-dealkylation sites (N-methyl/N-ethyl adjacent to an activating group) is 1. The van der Waals surface area contributed by atoms with Gasteiger partial charge in [0.1, 0.15) is 0 Å². The number of nitrogens with zero attached hydrogens (tertiary/aromatic N) is 2. The summed E-state index contributed by atoms with van der Waals surface area (Å²) in [5, 5.41) is 9.35. The van der Waals surface area contributed by atoms with Crippen molar-refractivity contribution in [3.8, 4) is 0 Å². The monoisotopic (exact) mass is 417 g/mol. The lowest BCUT2D eigenvalue weighted by molar-refractivity contribution is 0.0697. The molecule has 0 aromatic heterocycles. The lowest BCUT2D eigenvalue weighted by Crippen LogP contribution is -2.44. The summed E-state index contributed by atoms with van der Waals surface area (Å²) in [5.74, 6) is -0.799. The average Bonchev–Trinajstić information content (AvgIpc) is 2.68. The molecule has 2 aromatic rings. The van der Waals surface area contributed by atoms with Gasteiger partial charge in [-0.15, -0.1) is 0 Å². The number of carboxylic acid groups (broad SMARTS) is 1. The van der Waals surface area contributed by atoms with E-state index in [1.165, 1.54) is 12.1 Å². The van der Waals surface area contributed by atoms with Gasteiger partial charge in [0, 0.05) is 26.2 Å². The summed E-state index contributed by atoms with van der Waals surface area (Å²) in [6.45, 7) is 7.26. The summed E-state index contributed by atoms with van der Waals surface area (Å²) < 4.78 is 28.5. The Labute approximate surface area is 172 Å². The molecule has 0 aliphatic carbocycles. The van der Waals surface area contributed by atoms with E-state index in [-0.39, 0.29) is 16.1 Å². The number of piperazine rings is 1. The van der Waals surface area contributed by atoms with Gasteiger partial charge in [0.15, 0.2) is 0 Å². The minimum absolute atomic E-state index is 0.0377. The van der Waals surface area contributed by atoms with E-state index in [9.17, 15) is 18.3 Å². The van der Waals surface area contributed by atoms with E-state index in [1.807, 2.05) is 20.9 Å². The molecule has 0 spiro atoms. The second-order valence-corrected chi connectivity index (χ2v) is 9.34. The predicted octanol–water partition coefficient (Wildman–Crippen LogP) is 3.06. The number of anilines is 2. The molecular formula is C21H27N3O4S. The first kappa shape index (κ1) is 21.1. The zero-order chi connectivity index (χ0) is 21.2. The summed E-state index contributed by atoms with van der Waals surface area (Å²) in [7, 11) is -1.81. The molecule has 7 nitrogen and oxygen atoms in total. The van der Waals surface area contributed by atoms with Crippen LogP contribution in [0.1, 0.15) is 35.7 Å². The number of sulfonamides is 1. The standard InChI is InChI=1S/C21H27N3O4S/c1-15(2)16-4-7-18(8-5-16)29(27,28)22-19-14-17(21(25)26)6-9-20(19)24-12-10-23(3)11-13-24/h4-9,14-15,22H,10-13H2,1-3H3,(H,25,26). The summed E-state index contributed by atoms with van der Waals surface area (Å²) in [5.41, 5.74) is 2.05. The van der Waals surface area contributed by atoms with Crippen molar-refractivity contribution in [3.05, 3.63) is 53.6 Å². The van der Waals surface area contributed by atoms with Crippen LogP contribution in [-0.2, 0) is 10.0 Å². The Hall–Kier alpha value is -2.58. The fourth-order valence-corrected chi connectivity index (χ4v) is 4.37. The first-order valence-corrected chi connectivity index (χ1v) is 11.1. The predicted molar refractivity (Wildman–Crippen MR) is 114 cm³/mol. The lowest BCUT2D eigenvalue weighted by atomic mass is 10.0. The number of hydrogen-bond acceptors (Lipinski definition) is 5. The Morgan fingerprint density at radius 2 is 1.66 bits per heavy atom. The molecular weight excluding hydrogens is 390 g/mol. The van der Waals surface area contributed by atoms with E-state index in [0.29, 0.717) is 11.6 Å². The molecule has 8 heteroatoms. The number of rotatable bonds is 6. The van der Waals surface area contributed by atoms with Gasteiger partial charge in [0.25, 0.3) is 10.0 Å². The molecule has 3 rings (SSSR count). The number of carboxylic acids is 1. The summed E-state index contributed by atoms with van der Waals surface area (Å²) in [6, 6.07) is 11.3. The molecule has 0 unspecified atom stereocenters. The number of hydrogen-bond donors (Lipinski definition) is 2. The number of nitrogens with one attached hydrogen (secondary N) is 1. The zero-order valence-corrected chi connectivity index (χ0v) is 17.7. The van der Waals surface area contributed by atoms with Gasteiger partial charge in [-0.2, -0.15) is 0 Å². The first-order chi connectivity index (χ1) is 13.7. The second-order valence-electron chi connectivity index (χ2n) is 7.66. The highest BCUT2D eigenvalue weighted by Gasteiger charge is 2.22. The van der Waals surface area contributed by atoms with Crippen LogP contribution >= 0.6 is 0 Å². The Kier molecular flexibility index (Phi) is 6.14. The molecule has 156 valence electrons. The van der Waals surface area contributed by atoms with Crippen LogP contribution < -0.4 is 9.62 Å². The highest BCUT2D eigenvalue weighted by Crippen LogP contribution is 2.30. The van der Waals surface area contributed by atoms with Gasteiger partial charge < -0.3 is 14.9 Å². The third-order valence-electron chi connectivity index (χ3n) is 5.19. The van der Waals surface area contributed by atoms with Gasteiger partial charge in [0.2, 0.25) is 0 Å². The minimum atomic E-state index is -3.85. The Balaban J connectivity index is 1.95. The molecule has 2 N–H and O–H groups in total. The van der Waals surface area contributed by atoms with Crippen LogP contribution in [0.15, 0.2) is 47.4 Å². The Morgan fingerprint density at radius 1 is 1.03 bits per heavy atom. The highest BCUT2D eigenvalue weighted by molar-refractivity contribution is 7.92. The first-order valence-electron chi connectivity index (χ1n) is 9.61. The van der Waals surface area contributed by atoms with Gasteiger partial charge in [-0.1, -0.05) is 26.0 Å². The third-order valence-corrected chi connectivity index (χ3v) is 6.57. The second kappa shape index (κ2) is 8.42. The molecule has 0 amide bonds. The van der Waals surface area contributed by atoms with Gasteiger partial charge in [0.05, 0.1) is 21.8 Å². The molecule has 1 heterocycles. The van der Waals surface area contributed by atoms with E-state index in [2.05, 4.69) is 14.5 Å². The quantitative estimate of drug-likeness (QED) is 0.751. The molecule has 1 aliphatic heterocycles. The number of benzene rings is 2. The average molecular weight is 418 g/mol. The molecule has 0 bridgehead atoms. The van der Waals surface area contributed by atoms with Crippen molar-refractivity contribution in [2.45, 2.75) is 24.7 Å². The zero-order valence-electron chi connectivity index (χ0n) is 16.9. The van der Waals surface area contributed by atoms with Crippen LogP contribution in [0.4, 0.5) is 11.4 Å². The summed E-state index contributed by atoms with van der Waals surface area (Å²) in [6.07, 6.45) is 0. The van der Waals surface area contributed by atoms with Crippen molar-refractivity contribution in [2.75, 3.05) is 42.8 Å². The fraction of sp³-hybridized carbons (Fsp3) is 0.381. The summed E-state index contributed by atoms with van der Waals surface area (Å²) >= 11 is 0. The summed E-state index contributed by atoms with van der Waals surface area (Å²) in [4.78, 5) is 15.8. The molecule has 1 aliphatic rings. The lowest BCUT2D eigenvalue weighted by Gasteiger charge is -2.35. The maximum Gasteiger partial charge on any atom is 0.335 e. The largest absolute Gasteiger partial charge is 0.478 e. The smallest absolute Gasteiger partial charge is 0.335 e. The Morgan fingerprint density at radius 3 is 2.21 bits per heavy atom. The van der Waals surface area contributed by atoms with Crippen LogP contribution in [0.3, 0.4) is 0 Å². The normalized spacial score (nSPS) is 15.5.